The predicted octanol–water partition coefficient (Wildman–Crippen LogP) is 1.20. The lowest BCUT2D eigenvalue weighted by atomic mass is 10.2. The van der Waals surface area contributed by atoms with Gasteiger partial charge in [-0.05, 0) is 41.3 Å². The number of carbonyl (C=O) groups excluding carboxylic acids is 1. The van der Waals surface area contributed by atoms with Crippen LogP contribution in [0.5, 0.6) is 0 Å². The smallest absolute Gasteiger partial charge is 0.233 e. The standard InChI is InChI=1S/C14H20N4OS/c1-12-8-17-18(10-12)6-5-15-9-14(19)16-4-2-13-3-7-20-11-13/h3,7-8,10-11,15H,2,4-6,9H2,1H3,(H,16,19). The molecule has 0 radical (unpaired) electrons. The van der Waals surface area contributed by atoms with Crippen LogP contribution in [0.3, 0.4) is 0 Å². The number of thiophene rings is 1. The summed E-state index contributed by atoms with van der Waals surface area (Å²) in [5, 5.41) is 14.4. The molecule has 0 bridgehead atoms. The molecular weight excluding hydrogens is 272 g/mol. The zero-order chi connectivity index (χ0) is 14.2. The second kappa shape index (κ2) is 7.81. The Labute approximate surface area is 123 Å². The molecule has 0 atom stereocenters. The van der Waals surface area contributed by atoms with Crippen LogP contribution in [-0.2, 0) is 17.8 Å². The fraction of sp³-hybridized carbons (Fsp3) is 0.429. The van der Waals surface area contributed by atoms with Crippen molar-refractivity contribution in [2.45, 2.75) is 19.9 Å². The molecule has 2 N–H and O–H groups in total. The van der Waals surface area contributed by atoms with Crippen LogP contribution in [0.4, 0.5) is 0 Å². The van der Waals surface area contributed by atoms with Gasteiger partial charge < -0.3 is 10.6 Å². The van der Waals surface area contributed by atoms with Gasteiger partial charge >= 0.3 is 0 Å². The highest BCUT2D eigenvalue weighted by Crippen LogP contribution is 2.05. The molecule has 2 rings (SSSR count). The molecule has 1 amide bonds. The molecule has 108 valence electrons. The topological polar surface area (TPSA) is 59.0 Å². The van der Waals surface area contributed by atoms with Crippen LogP contribution < -0.4 is 10.6 Å². The number of aromatic nitrogens is 2. The SMILES string of the molecule is Cc1cnn(CCNCC(=O)NCCc2ccsc2)c1. The maximum atomic E-state index is 11.6. The summed E-state index contributed by atoms with van der Waals surface area (Å²) < 4.78 is 1.87. The van der Waals surface area contributed by atoms with E-state index in [4.69, 9.17) is 0 Å². The van der Waals surface area contributed by atoms with E-state index in [1.165, 1.54) is 5.56 Å². The summed E-state index contributed by atoms with van der Waals surface area (Å²) in [5.74, 6) is 0.0388. The zero-order valence-corrected chi connectivity index (χ0v) is 12.4. The Balaban J connectivity index is 1.51. The lowest BCUT2D eigenvalue weighted by Gasteiger charge is -2.06. The van der Waals surface area contributed by atoms with E-state index in [0.717, 1.165) is 25.1 Å². The monoisotopic (exact) mass is 292 g/mol. The molecule has 6 heteroatoms. The minimum absolute atomic E-state index is 0.0388. The number of nitrogens with one attached hydrogen (secondary N) is 2. The van der Waals surface area contributed by atoms with Crippen molar-refractivity contribution in [3.05, 3.63) is 40.3 Å². The number of hydrogen-bond acceptors (Lipinski definition) is 4. The van der Waals surface area contributed by atoms with Gasteiger partial charge in [0.2, 0.25) is 5.91 Å². The summed E-state index contributed by atoms with van der Waals surface area (Å²) in [6.45, 7) is 4.56. The molecule has 0 unspecified atom stereocenters. The molecule has 5 nitrogen and oxygen atoms in total. The minimum atomic E-state index is 0.0388. The lowest BCUT2D eigenvalue weighted by Crippen LogP contribution is -2.36. The van der Waals surface area contributed by atoms with Crippen LogP contribution in [0.15, 0.2) is 29.2 Å². The Morgan fingerprint density at radius 3 is 3.05 bits per heavy atom. The van der Waals surface area contributed by atoms with Gasteiger partial charge in [0.1, 0.15) is 0 Å². The average molecular weight is 292 g/mol. The fourth-order valence-electron chi connectivity index (χ4n) is 1.83. The minimum Gasteiger partial charge on any atom is -0.355 e. The normalized spacial score (nSPS) is 10.7. The van der Waals surface area contributed by atoms with Gasteiger partial charge in [-0.2, -0.15) is 16.4 Å². The summed E-state index contributed by atoms with van der Waals surface area (Å²) in [5.41, 5.74) is 2.42. The zero-order valence-electron chi connectivity index (χ0n) is 11.6. The van der Waals surface area contributed by atoms with Gasteiger partial charge in [0.05, 0.1) is 19.3 Å². The summed E-state index contributed by atoms with van der Waals surface area (Å²) in [6, 6.07) is 2.08. The fourth-order valence-corrected chi connectivity index (χ4v) is 2.53. The quantitative estimate of drug-likeness (QED) is 0.719. The first-order chi connectivity index (χ1) is 9.74. The second-order valence-electron chi connectivity index (χ2n) is 4.69. The maximum Gasteiger partial charge on any atom is 0.233 e. The van der Waals surface area contributed by atoms with Gasteiger partial charge in [-0.1, -0.05) is 0 Å². The lowest BCUT2D eigenvalue weighted by molar-refractivity contribution is -0.120. The maximum absolute atomic E-state index is 11.6. The first kappa shape index (κ1) is 14.7. The third-order valence-corrected chi connectivity index (χ3v) is 3.61. The number of amides is 1. The number of nitrogens with zero attached hydrogens (tertiary/aromatic N) is 2. The molecule has 0 saturated heterocycles. The van der Waals surface area contributed by atoms with Gasteiger partial charge in [-0.3, -0.25) is 9.48 Å². The van der Waals surface area contributed by atoms with Crippen LogP contribution in [0.2, 0.25) is 0 Å². The first-order valence-corrected chi connectivity index (χ1v) is 7.66. The Hall–Kier alpha value is -1.66. The van der Waals surface area contributed by atoms with Gasteiger partial charge in [-0.25, -0.2) is 0 Å². The molecule has 2 heterocycles. The van der Waals surface area contributed by atoms with E-state index >= 15 is 0 Å². The van der Waals surface area contributed by atoms with Crippen molar-refractivity contribution >= 4 is 17.2 Å². The van der Waals surface area contributed by atoms with Gasteiger partial charge in [0.25, 0.3) is 0 Å². The van der Waals surface area contributed by atoms with E-state index in [-0.39, 0.29) is 5.91 Å². The highest BCUT2D eigenvalue weighted by Gasteiger charge is 2.01. The third kappa shape index (κ3) is 5.14. The number of hydrogen-bond donors (Lipinski definition) is 2. The molecule has 2 aromatic heterocycles. The van der Waals surface area contributed by atoms with Crippen LogP contribution >= 0.6 is 11.3 Å². The molecule has 0 aliphatic heterocycles. The predicted molar refractivity (Wildman–Crippen MR) is 80.9 cm³/mol. The molecule has 0 saturated carbocycles. The van der Waals surface area contributed by atoms with Crippen molar-refractivity contribution in [3.63, 3.8) is 0 Å². The van der Waals surface area contributed by atoms with Gasteiger partial charge in [-0.15, -0.1) is 0 Å². The van der Waals surface area contributed by atoms with Crippen LogP contribution in [0.1, 0.15) is 11.1 Å². The highest BCUT2D eigenvalue weighted by atomic mass is 32.1. The Kier molecular flexibility index (Phi) is 5.76. The molecular formula is C14H20N4OS. The average Bonchev–Trinajstić information content (AvgIpc) is 3.06. The number of aryl methyl sites for hydroxylation is 1. The summed E-state index contributed by atoms with van der Waals surface area (Å²) >= 11 is 1.68. The second-order valence-corrected chi connectivity index (χ2v) is 5.47. The van der Waals surface area contributed by atoms with Crippen LogP contribution in [0.25, 0.3) is 0 Å². The molecule has 0 aliphatic carbocycles. The van der Waals surface area contributed by atoms with Crippen molar-refractivity contribution < 1.29 is 4.79 Å². The largest absolute Gasteiger partial charge is 0.355 e. The Morgan fingerprint density at radius 1 is 1.45 bits per heavy atom. The van der Waals surface area contributed by atoms with Crippen LogP contribution in [-0.4, -0.2) is 35.3 Å². The van der Waals surface area contributed by atoms with Gasteiger partial charge in [0.15, 0.2) is 0 Å². The van der Waals surface area contributed by atoms with E-state index in [0.29, 0.717) is 13.1 Å². The molecule has 20 heavy (non-hydrogen) atoms. The molecule has 0 fully saturated rings. The Morgan fingerprint density at radius 2 is 2.35 bits per heavy atom. The highest BCUT2D eigenvalue weighted by molar-refractivity contribution is 7.07. The van der Waals surface area contributed by atoms with Crippen LogP contribution in [0, 0.1) is 6.92 Å². The van der Waals surface area contributed by atoms with E-state index < -0.39 is 0 Å². The summed E-state index contributed by atoms with van der Waals surface area (Å²) in [4.78, 5) is 11.6. The van der Waals surface area contributed by atoms with E-state index in [9.17, 15) is 4.79 Å². The number of rotatable bonds is 8. The van der Waals surface area contributed by atoms with E-state index in [1.807, 2.05) is 24.0 Å². The summed E-state index contributed by atoms with van der Waals surface area (Å²) in [6.07, 6.45) is 4.71. The first-order valence-electron chi connectivity index (χ1n) is 6.71. The summed E-state index contributed by atoms with van der Waals surface area (Å²) in [7, 11) is 0. The van der Waals surface area contributed by atoms with E-state index in [1.54, 1.807) is 11.3 Å². The van der Waals surface area contributed by atoms with Crippen molar-refractivity contribution in [2.75, 3.05) is 19.6 Å². The van der Waals surface area contributed by atoms with Crippen molar-refractivity contribution in [1.82, 2.24) is 20.4 Å². The van der Waals surface area contributed by atoms with Crippen molar-refractivity contribution in [1.29, 1.82) is 0 Å². The third-order valence-electron chi connectivity index (χ3n) is 2.88. The molecule has 2 aromatic rings. The van der Waals surface area contributed by atoms with Crippen molar-refractivity contribution in [2.24, 2.45) is 0 Å². The molecule has 0 spiro atoms. The van der Waals surface area contributed by atoms with Gasteiger partial charge in [0, 0.05) is 19.3 Å². The molecule has 0 aromatic carbocycles. The number of carbonyl (C=O) groups is 1. The Bertz CT molecular complexity index is 521. The van der Waals surface area contributed by atoms with Crippen molar-refractivity contribution in [3.8, 4) is 0 Å². The molecule has 0 aliphatic rings. The van der Waals surface area contributed by atoms with E-state index in [2.05, 4.69) is 32.6 Å².